The number of nitrogens with one attached hydrogen (secondary N) is 2. The van der Waals surface area contributed by atoms with Gasteiger partial charge in [0.15, 0.2) is 0 Å². The minimum atomic E-state index is -0.599. The predicted molar refractivity (Wildman–Crippen MR) is 145 cm³/mol. The highest BCUT2D eigenvalue weighted by Crippen LogP contribution is 2.24. The van der Waals surface area contributed by atoms with Crippen LogP contribution in [0.5, 0.6) is 5.75 Å². The summed E-state index contributed by atoms with van der Waals surface area (Å²) < 4.78 is 6.99. The Bertz CT molecular complexity index is 1490. The Morgan fingerprint density at radius 3 is 2.11 bits per heavy atom. The zero-order chi connectivity index (χ0) is 26.5. The SMILES string of the molecule is COc1ccc2cc(C(C)NC(=O)c3cn(Cc4ccccc4)cc(C(=O)NC(C)C)c3=O)ccc2c1. The fourth-order valence-electron chi connectivity index (χ4n) is 4.18. The van der Waals surface area contributed by atoms with Crippen molar-refractivity contribution in [3.05, 3.63) is 112 Å². The van der Waals surface area contributed by atoms with E-state index in [9.17, 15) is 14.4 Å². The smallest absolute Gasteiger partial charge is 0.257 e. The maximum absolute atomic E-state index is 13.3. The largest absolute Gasteiger partial charge is 0.497 e. The van der Waals surface area contributed by atoms with E-state index in [1.807, 2.05) is 87.5 Å². The van der Waals surface area contributed by atoms with Gasteiger partial charge in [0.25, 0.3) is 11.8 Å². The first kappa shape index (κ1) is 25.7. The second-order valence-electron chi connectivity index (χ2n) is 9.37. The molecular weight excluding hydrogens is 466 g/mol. The number of ether oxygens (including phenoxy) is 1. The molecule has 0 fully saturated rings. The zero-order valence-corrected chi connectivity index (χ0v) is 21.4. The summed E-state index contributed by atoms with van der Waals surface area (Å²) in [6.45, 7) is 5.91. The van der Waals surface area contributed by atoms with Crippen LogP contribution in [0.2, 0.25) is 0 Å². The van der Waals surface area contributed by atoms with Crippen LogP contribution in [-0.2, 0) is 6.54 Å². The average molecular weight is 498 g/mol. The molecule has 7 heteroatoms. The van der Waals surface area contributed by atoms with Gasteiger partial charge in [-0.25, -0.2) is 0 Å². The molecule has 1 aromatic heterocycles. The van der Waals surface area contributed by atoms with Gasteiger partial charge in [0.05, 0.1) is 13.2 Å². The molecule has 4 rings (SSSR count). The lowest BCUT2D eigenvalue weighted by molar-refractivity contribution is 0.0937. The van der Waals surface area contributed by atoms with Crippen LogP contribution in [0.4, 0.5) is 0 Å². The molecule has 0 saturated heterocycles. The fourth-order valence-corrected chi connectivity index (χ4v) is 4.18. The summed E-state index contributed by atoms with van der Waals surface area (Å²) in [4.78, 5) is 39.4. The van der Waals surface area contributed by atoms with Crippen molar-refractivity contribution in [1.29, 1.82) is 0 Å². The number of benzene rings is 3. The Morgan fingerprint density at radius 2 is 1.46 bits per heavy atom. The molecule has 0 aliphatic carbocycles. The van der Waals surface area contributed by atoms with E-state index in [-0.39, 0.29) is 23.2 Å². The van der Waals surface area contributed by atoms with E-state index < -0.39 is 17.2 Å². The van der Waals surface area contributed by atoms with Crippen molar-refractivity contribution in [2.75, 3.05) is 7.11 Å². The average Bonchev–Trinajstić information content (AvgIpc) is 2.88. The summed E-state index contributed by atoms with van der Waals surface area (Å²) in [5.41, 5.74) is 1.13. The Labute approximate surface area is 216 Å². The van der Waals surface area contributed by atoms with Crippen molar-refractivity contribution >= 4 is 22.6 Å². The Morgan fingerprint density at radius 1 is 0.838 bits per heavy atom. The number of methoxy groups -OCH3 is 1. The maximum Gasteiger partial charge on any atom is 0.257 e. The van der Waals surface area contributed by atoms with Crippen LogP contribution < -0.4 is 20.8 Å². The quantitative estimate of drug-likeness (QED) is 0.370. The number of amides is 2. The molecule has 4 aromatic rings. The number of carbonyl (C=O) groups excluding carboxylic acids is 2. The lowest BCUT2D eigenvalue weighted by atomic mass is 10.0. The molecule has 1 unspecified atom stereocenters. The third kappa shape index (κ3) is 6.06. The predicted octanol–water partition coefficient (Wildman–Crippen LogP) is 4.69. The molecule has 0 aliphatic heterocycles. The van der Waals surface area contributed by atoms with Crippen LogP contribution in [0.1, 0.15) is 58.7 Å². The first-order valence-electron chi connectivity index (χ1n) is 12.2. The number of rotatable bonds is 8. The third-order valence-corrected chi connectivity index (χ3v) is 6.12. The van der Waals surface area contributed by atoms with Crippen LogP contribution in [0.25, 0.3) is 10.8 Å². The second kappa shape index (κ2) is 11.1. The Balaban J connectivity index is 1.64. The Kier molecular flexibility index (Phi) is 7.72. The number of carbonyl (C=O) groups is 2. The molecule has 0 bridgehead atoms. The number of hydrogen-bond acceptors (Lipinski definition) is 4. The number of aromatic nitrogens is 1. The lowest BCUT2D eigenvalue weighted by Crippen LogP contribution is -2.38. The molecule has 2 amide bonds. The van der Waals surface area contributed by atoms with Gasteiger partial charge in [-0.15, -0.1) is 0 Å². The first-order valence-corrected chi connectivity index (χ1v) is 12.2. The van der Waals surface area contributed by atoms with Crippen molar-refractivity contribution in [3.8, 4) is 5.75 Å². The molecule has 0 spiro atoms. The molecule has 0 radical (unpaired) electrons. The monoisotopic (exact) mass is 497 g/mol. The van der Waals surface area contributed by atoms with Gasteiger partial charge in [-0.1, -0.05) is 48.5 Å². The van der Waals surface area contributed by atoms with Gasteiger partial charge in [0.1, 0.15) is 16.9 Å². The fraction of sp³-hybridized carbons (Fsp3) is 0.233. The van der Waals surface area contributed by atoms with E-state index >= 15 is 0 Å². The zero-order valence-electron chi connectivity index (χ0n) is 21.4. The van der Waals surface area contributed by atoms with Gasteiger partial charge in [0, 0.05) is 25.0 Å². The molecule has 1 atom stereocenters. The highest BCUT2D eigenvalue weighted by molar-refractivity contribution is 5.99. The third-order valence-electron chi connectivity index (χ3n) is 6.12. The standard InChI is InChI=1S/C30H31N3O4/c1-19(2)31-29(35)26-17-33(16-21-8-6-5-7-9-21)18-27(28(26)34)30(36)32-20(3)22-10-11-24-15-25(37-4)13-12-23(24)14-22/h5-15,17-20H,16H2,1-4H3,(H,31,35)(H,32,36). The van der Waals surface area contributed by atoms with Gasteiger partial charge in [0.2, 0.25) is 5.43 Å². The minimum absolute atomic E-state index is 0.0652. The lowest BCUT2D eigenvalue weighted by Gasteiger charge is -2.17. The number of pyridine rings is 1. The molecular formula is C30H31N3O4. The molecule has 7 nitrogen and oxygen atoms in total. The number of hydrogen-bond donors (Lipinski definition) is 2. The van der Waals surface area contributed by atoms with Gasteiger partial charge >= 0.3 is 0 Å². The summed E-state index contributed by atoms with van der Waals surface area (Å²) in [6, 6.07) is 20.8. The van der Waals surface area contributed by atoms with E-state index in [1.165, 1.54) is 12.4 Å². The normalized spacial score (nSPS) is 11.8. The summed E-state index contributed by atoms with van der Waals surface area (Å²) in [5, 5.41) is 7.72. The van der Waals surface area contributed by atoms with E-state index in [0.717, 1.165) is 27.6 Å². The maximum atomic E-state index is 13.3. The minimum Gasteiger partial charge on any atom is -0.497 e. The molecule has 3 aromatic carbocycles. The molecule has 0 saturated carbocycles. The van der Waals surface area contributed by atoms with Crippen molar-refractivity contribution in [2.24, 2.45) is 0 Å². The molecule has 37 heavy (non-hydrogen) atoms. The van der Waals surface area contributed by atoms with E-state index in [2.05, 4.69) is 10.6 Å². The summed E-state index contributed by atoms with van der Waals surface area (Å²) in [6.07, 6.45) is 3.01. The molecule has 2 N–H and O–H groups in total. The van der Waals surface area contributed by atoms with E-state index in [4.69, 9.17) is 4.74 Å². The van der Waals surface area contributed by atoms with Crippen molar-refractivity contribution in [3.63, 3.8) is 0 Å². The van der Waals surface area contributed by atoms with Gasteiger partial charge in [-0.05, 0) is 60.9 Å². The molecule has 0 aliphatic rings. The second-order valence-corrected chi connectivity index (χ2v) is 9.37. The Hall–Kier alpha value is -4.39. The van der Waals surface area contributed by atoms with Crippen LogP contribution in [0.15, 0.2) is 83.9 Å². The summed E-state index contributed by atoms with van der Waals surface area (Å²) in [7, 11) is 1.63. The van der Waals surface area contributed by atoms with Crippen molar-refractivity contribution < 1.29 is 14.3 Å². The van der Waals surface area contributed by atoms with E-state index in [1.54, 1.807) is 11.7 Å². The van der Waals surface area contributed by atoms with Crippen LogP contribution in [0, 0.1) is 0 Å². The van der Waals surface area contributed by atoms with Gasteiger partial charge in [-0.2, -0.15) is 0 Å². The summed E-state index contributed by atoms with van der Waals surface area (Å²) >= 11 is 0. The number of nitrogens with zero attached hydrogens (tertiary/aromatic N) is 1. The topological polar surface area (TPSA) is 89.4 Å². The molecule has 190 valence electrons. The number of fused-ring (bicyclic) bond motifs is 1. The summed E-state index contributed by atoms with van der Waals surface area (Å²) in [5.74, 6) is -0.266. The van der Waals surface area contributed by atoms with Crippen LogP contribution in [-0.4, -0.2) is 29.5 Å². The van der Waals surface area contributed by atoms with Gasteiger partial charge < -0.3 is 19.9 Å². The van der Waals surface area contributed by atoms with Gasteiger partial charge in [-0.3, -0.25) is 14.4 Å². The van der Waals surface area contributed by atoms with Crippen molar-refractivity contribution in [2.45, 2.75) is 39.4 Å². The van der Waals surface area contributed by atoms with Crippen LogP contribution in [0.3, 0.4) is 0 Å². The van der Waals surface area contributed by atoms with Crippen LogP contribution >= 0.6 is 0 Å². The molecule has 1 heterocycles. The van der Waals surface area contributed by atoms with Crippen molar-refractivity contribution in [1.82, 2.24) is 15.2 Å². The first-order chi connectivity index (χ1) is 17.7. The highest BCUT2D eigenvalue weighted by atomic mass is 16.5. The van der Waals surface area contributed by atoms with E-state index in [0.29, 0.717) is 6.54 Å². The highest BCUT2D eigenvalue weighted by Gasteiger charge is 2.21.